The number of nitrogens with zero attached hydrogens (tertiary/aromatic N) is 2. The molecule has 1 fully saturated rings. The van der Waals surface area contributed by atoms with Crippen molar-refractivity contribution < 1.29 is 13.2 Å². The van der Waals surface area contributed by atoms with Gasteiger partial charge >= 0.3 is 0 Å². The van der Waals surface area contributed by atoms with Gasteiger partial charge in [-0.3, -0.25) is 4.79 Å². The SMILES string of the molecule is NS(=O)(=O)CC1CC(=O)N(c2cnc(Cl)cc2Cl)C1. The number of halogens is 2. The highest BCUT2D eigenvalue weighted by Gasteiger charge is 2.33. The minimum Gasteiger partial charge on any atom is -0.309 e. The van der Waals surface area contributed by atoms with Crippen LogP contribution in [0.3, 0.4) is 0 Å². The first-order valence-corrected chi connectivity index (χ1v) is 7.85. The van der Waals surface area contributed by atoms with Gasteiger partial charge in [0.1, 0.15) is 5.15 Å². The quantitative estimate of drug-likeness (QED) is 0.840. The number of primary sulfonamides is 1. The second-order valence-corrected chi connectivity index (χ2v) is 6.82. The number of carbonyl (C=O) groups is 1. The third-order valence-corrected chi connectivity index (χ3v) is 4.21. The summed E-state index contributed by atoms with van der Waals surface area (Å²) in [5.41, 5.74) is 0.424. The number of anilines is 1. The Labute approximate surface area is 120 Å². The number of aromatic nitrogens is 1. The fourth-order valence-electron chi connectivity index (χ4n) is 2.05. The largest absolute Gasteiger partial charge is 0.309 e. The maximum absolute atomic E-state index is 11.9. The summed E-state index contributed by atoms with van der Waals surface area (Å²) in [4.78, 5) is 17.1. The predicted molar refractivity (Wildman–Crippen MR) is 72.7 cm³/mol. The van der Waals surface area contributed by atoms with Gasteiger partial charge in [0.25, 0.3) is 0 Å². The number of carbonyl (C=O) groups excluding carboxylic acids is 1. The Hall–Kier alpha value is -0.890. The van der Waals surface area contributed by atoms with Crippen molar-refractivity contribution in [1.82, 2.24) is 4.98 Å². The number of sulfonamides is 1. The van der Waals surface area contributed by atoms with Crippen LogP contribution in [0.4, 0.5) is 5.69 Å². The van der Waals surface area contributed by atoms with Crippen molar-refractivity contribution in [2.24, 2.45) is 11.1 Å². The van der Waals surface area contributed by atoms with Crippen LogP contribution in [0.25, 0.3) is 0 Å². The molecule has 1 amide bonds. The van der Waals surface area contributed by atoms with Crippen LogP contribution in [0.15, 0.2) is 12.3 Å². The Balaban J connectivity index is 2.20. The Morgan fingerprint density at radius 1 is 1.47 bits per heavy atom. The smallest absolute Gasteiger partial charge is 0.227 e. The Kier molecular flexibility index (Phi) is 4.00. The summed E-state index contributed by atoms with van der Waals surface area (Å²) < 4.78 is 22.1. The molecule has 2 N–H and O–H groups in total. The molecule has 1 aliphatic rings. The molecule has 1 aromatic heterocycles. The van der Waals surface area contributed by atoms with Crippen LogP contribution in [0.5, 0.6) is 0 Å². The lowest BCUT2D eigenvalue weighted by molar-refractivity contribution is -0.117. The summed E-state index contributed by atoms with van der Waals surface area (Å²) in [5.74, 6) is -0.776. The van der Waals surface area contributed by atoms with Crippen LogP contribution in [-0.4, -0.2) is 31.6 Å². The molecule has 0 aliphatic carbocycles. The molecule has 0 spiro atoms. The van der Waals surface area contributed by atoms with Gasteiger partial charge in [0, 0.05) is 18.9 Å². The lowest BCUT2D eigenvalue weighted by Gasteiger charge is -2.17. The lowest BCUT2D eigenvalue weighted by Crippen LogP contribution is -2.27. The first kappa shape index (κ1) is 14.5. The summed E-state index contributed by atoms with van der Waals surface area (Å²) in [7, 11) is -3.60. The number of amides is 1. The molecule has 1 aromatic rings. The van der Waals surface area contributed by atoms with E-state index in [0.717, 1.165) is 0 Å². The van der Waals surface area contributed by atoms with Gasteiger partial charge in [0.15, 0.2) is 0 Å². The molecular weight excluding hydrogens is 313 g/mol. The van der Waals surface area contributed by atoms with Crippen molar-refractivity contribution in [2.75, 3.05) is 17.2 Å². The van der Waals surface area contributed by atoms with Crippen molar-refractivity contribution in [3.8, 4) is 0 Å². The zero-order valence-corrected chi connectivity index (χ0v) is 12.0. The molecule has 0 aromatic carbocycles. The molecule has 0 saturated carbocycles. The Morgan fingerprint density at radius 3 is 2.74 bits per heavy atom. The van der Waals surface area contributed by atoms with E-state index in [1.54, 1.807) is 0 Å². The minimum absolute atomic E-state index is 0.120. The van der Waals surface area contributed by atoms with Crippen LogP contribution in [0, 0.1) is 5.92 Å². The second-order valence-electron chi connectivity index (χ2n) is 4.36. The van der Waals surface area contributed by atoms with E-state index in [9.17, 15) is 13.2 Å². The molecule has 0 radical (unpaired) electrons. The second kappa shape index (κ2) is 5.24. The average Bonchev–Trinajstić information content (AvgIpc) is 2.56. The number of nitrogens with two attached hydrogens (primary N) is 1. The van der Waals surface area contributed by atoms with Crippen molar-refractivity contribution in [2.45, 2.75) is 6.42 Å². The average molecular weight is 324 g/mol. The Morgan fingerprint density at radius 2 is 2.16 bits per heavy atom. The topological polar surface area (TPSA) is 93.4 Å². The molecular formula is C10H11Cl2N3O3S. The van der Waals surface area contributed by atoms with Gasteiger partial charge in [-0.1, -0.05) is 23.2 Å². The third kappa shape index (κ3) is 3.56. The van der Waals surface area contributed by atoms with Crippen molar-refractivity contribution in [3.05, 3.63) is 22.4 Å². The summed E-state index contributed by atoms with van der Waals surface area (Å²) in [6, 6.07) is 1.43. The highest BCUT2D eigenvalue weighted by Crippen LogP contribution is 2.32. The monoisotopic (exact) mass is 323 g/mol. The van der Waals surface area contributed by atoms with Gasteiger partial charge in [-0.05, 0) is 6.07 Å². The van der Waals surface area contributed by atoms with Gasteiger partial charge < -0.3 is 4.90 Å². The molecule has 1 aliphatic heterocycles. The molecule has 9 heteroatoms. The number of hydrogen-bond donors (Lipinski definition) is 1. The lowest BCUT2D eigenvalue weighted by atomic mass is 10.1. The molecule has 1 unspecified atom stereocenters. The third-order valence-electron chi connectivity index (χ3n) is 2.76. The summed E-state index contributed by atoms with van der Waals surface area (Å²) >= 11 is 11.7. The van der Waals surface area contributed by atoms with E-state index in [4.69, 9.17) is 28.3 Å². The normalized spacial score (nSPS) is 20.1. The fraction of sp³-hybridized carbons (Fsp3) is 0.400. The van der Waals surface area contributed by atoms with Crippen molar-refractivity contribution in [3.63, 3.8) is 0 Å². The van der Waals surface area contributed by atoms with Gasteiger partial charge in [-0.15, -0.1) is 0 Å². The highest BCUT2D eigenvalue weighted by atomic mass is 35.5. The van der Waals surface area contributed by atoms with Gasteiger partial charge in [0.05, 0.1) is 22.7 Å². The van der Waals surface area contributed by atoms with E-state index in [2.05, 4.69) is 4.98 Å². The van der Waals surface area contributed by atoms with E-state index >= 15 is 0 Å². The zero-order chi connectivity index (χ0) is 14.2. The number of pyridine rings is 1. The Bertz CT molecular complexity index is 620. The van der Waals surface area contributed by atoms with Gasteiger partial charge in [-0.2, -0.15) is 0 Å². The van der Waals surface area contributed by atoms with E-state index in [-0.39, 0.29) is 35.7 Å². The van der Waals surface area contributed by atoms with E-state index in [1.807, 2.05) is 0 Å². The first-order chi connectivity index (χ1) is 8.76. The number of rotatable bonds is 3. The highest BCUT2D eigenvalue weighted by molar-refractivity contribution is 7.89. The molecule has 6 nitrogen and oxygen atoms in total. The zero-order valence-electron chi connectivity index (χ0n) is 9.71. The number of hydrogen-bond acceptors (Lipinski definition) is 4. The van der Waals surface area contributed by atoms with E-state index in [0.29, 0.717) is 10.7 Å². The molecule has 2 heterocycles. The van der Waals surface area contributed by atoms with Crippen LogP contribution in [0.1, 0.15) is 6.42 Å². The standard InChI is InChI=1S/C10H11Cl2N3O3S/c11-7-2-9(12)14-3-8(7)15-4-6(1-10(15)16)5-19(13,17)18/h2-3,6H,1,4-5H2,(H2,13,17,18). The van der Waals surface area contributed by atoms with Gasteiger partial charge in [0.2, 0.25) is 15.9 Å². The van der Waals surface area contributed by atoms with Crippen molar-refractivity contribution >= 4 is 44.8 Å². The maximum atomic E-state index is 11.9. The summed E-state index contributed by atoms with van der Waals surface area (Å²) in [6.45, 7) is 0.248. The van der Waals surface area contributed by atoms with Crippen LogP contribution in [0.2, 0.25) is 10.2 Å². The van der Waals surface area contributed by atoms with Crippen LogP contribution < -0.4 is 10.0 Å². The molecule has 104 valence electrons. The van der Waals surface area contributed by atoms with Crippen LogP contribution in [-0.2, 0) is 14.8 Å². The summed E-state index contributed by atoms with van der Waals surface area (Å²) in [5, 5.41) is 5.50. The molecule has 1 atom stereocenters. The minimum atomic E-state index is -3.60. The predicted octanol–water partition coefficient (Wildman–Crippen LogP) is 1.03. The van der Waals surface area contributed by atoms with Crippen molar-refractivity contribution in [1.29, 1.82) is 0 Å². The fourth-order valence-corrected chi connectivity index (χ4v) is 3.40. The van der Waals surface area contributed by atoms with Gasteiger partial charge in [-0.25, -0.2) is 18.5 Å². The maximum Gasteiger partial charge on any atom is 0.227 e. The van der Waals surface area contributed by atoms with E-state index < -0.39 is 10.0 Å². The molecule has 19 heavy (non-hydrogen) atoms. The van der Waals surface area contributed by atoms with E-state index in [1.165, 1.54) is 17.2 Å². The molecule has 1 saturated heterocycles. The summed E-state index contributed by atoms with van der Waals surface area (Å²) in [6.07, 6.45) is 1.51. The molecule has 2 rings (SSSR count). The van der Waals surface area contributed by atoms with Crippen LogP contribution >= 0.6 is 23.2 Å². The molecule has 0 bridgehead atoms. The first-order valence-electron chi connectivity index (χ1n) is 5.38.